The Bertz CT molecular complexity index is 1100. The van der Waals surface area contributed by atoms with Crippen molar-refractivity contribution in [3.05, 3.63) is 30.0 Å². The molecular formula is C23H29F2N5O5. The van der Waals surface area contributed by atoms with Crippen LogP contribution in [-0.2, 0) is 14.4 Å². The molecule has 0 radical (unpaired) electrons. The number of alkyl halides is 2. The number of hydrogen-bond donors (Lipinski definition) is 5. The number of hydrogen-bond acceptors (Lipinski definition) is 5. The van der Waals surface area contributed by atoms with E-state index < -0.39 is 42.3 Å². The van der Waals surface area contributed by atoms with Crippen molar-refractivity contribution in [2.45, 2.75) is 51.8 Å². The average molecular weight is 494 g/mol. The Morgan fingerprint density at radius 1 is 1.20 bits per heavy atom. The number of benzene rings is 1. The summed E-state index contributed by atoms with van der Waals surface area (Å²) in [6.07, 6.45) is 0.847. The molecule has 2 aromatic rings. The van der Waals surface area contributed by atoms with Gasteiger partial charge in [0.05, 0.1) is 0 Å². The number of aromatic nitrogens is 1. The number of halogens is 2. The third-order valence-corrected chi connectivity index (χ3v) is 5.76. The minimum Gasteiger partial charge on any atom is -0.434 e. The summed E-state index contributed by atoms with van der Waals surface area (Å²) < 4.78 is 29.9. The maximum absolute atomic E-state index is 13.0. The molecule has 1 aromatic heterocycles. The lowest BCUT2D eigenvalue weighted by Crippen LogP contribution is -2.54. The van der Waals surface area contributed by atoms with Crippen LogP contribution >= 0.6 is 0 Å². The van der Waals surface area contributed by atoms with E-state index in [0.29, 0.717) is 18.5 Å². The van der Waals surface area contributed by atoms with Crippen molar-refractivity contribution >= 4 is 34.5 Å². The Balaban J connectivity index is 1.75. The lowest BCUT2D eigenvalue weighted by atomic mass is 9.97. The van der Waals surface area contributed by atoms with Crippen LogP contribution in [0.3, 0.4) is 0 Å². The van der Waals surface area contributed by atoms with E-state index in [4.69, 9.17) is 5.73 Å². The molecule has 1 aliphatic heterocycles. The van der Waals surface area contributed by atoms with Crippen LogP contribution in [0.15, 0.2) is 24.3 Å². The zero-order valence-electron chi connectivity index (χ0n) is 19.4. The summed E-state index contributed by atoms with van der Waals surface area (Å²) in [5.74, 6) is -2.77. The summed E-state index contributed by atoms with van der Waals surface area (Å²) in [6, 6.07) is 3.72. The quantitative estimate of drug-likeness (QED) is 0.320. The summed E-state index contributed by atoms with van der Waals surface area (Å²) >= 11 is 0. The van der Waals surface area contributed by atoms with Crippen molar-refractivity contribution in [2.75, 3.05) is 6.54 Å². The Hall–Kier alpha value is -3.70. The predicted octanol–water partition coefficient (Wildman–Crippen LogP) is 1.41. The summed E-state index contributed by atoms with van der Waals surface area (Å²) in [4.78, 5) is 52.6. The predicted molar refractivity (Wildman–Crippen MR) is 122 cm³/mol. The van der Waals surface area contributed by atoms with Crippen LogP contribution in [0.25, 0.3) is 10.9 Å². The first-order valence-corrected chi connectivity index (χ1v) is 11.3. The normalized spacial score (nSPS) is 17.3. The number of aromatic amines is 1. The van der Waals surface area contributed by atoms with Crippen LogP contribution in [0.4, 0.5) is 8.78 Å². The van der Waals surface area contributed by atoms with Gasteiger partial charge in [0, 0.05) is 23.4 Å². The van der Waals surface area contributed by atoms with Crippen LogP contribution in [0, 0.1) is 11.8 Å². The van der Waals surface area contributed by atoms with E-state index in [9.17, 15) is 28.0 Å². The second-order valence-corrected chi connectivity index (χ2v) is 8.91. The molecular weight excluding hydrogens is 464 g/mol. The van der Waals surface area contributed by atoms with Gasteiger partial charge in [-0.3, -0.25) is 19.2 Å². The maximum Gasteiger partial charge on any atom is 0.387 e. The number of primary amides is 1. The van der Waals surface area contributed by atoms with Gasteiger partial charge >= 0.3 is 6.61 Å². The molecule has 3 rings (SSSR count). The van der Waals surface area contributed by atoms with Crippen LogP contribution in [-0.4, -0.2) is 53.9 Å². The second-order valence-electron chi connectivity index (χ2n) is 8.91. The highest BCUT2D eigenvalue weighted by Gasteiger charge is 2.32. The Labute approximate surface area is 200 Å². The van der Waals surface area contributed by atoms with E-state index >= 15 is 0 Å². The average Bonchev–Trinajstić information content (AvgIpc) is 3.38. The minimum atomic E-state index is -3.03. The van der Waals surface area contributed by atoms with E-state index in [2.05, 4.69) is 25.7 Å². The van der Waals surface area contributed by atoms with Crippen molar-refractivity contribution in [3.63, 3.8) is 0 Å². The number of carbonyl (C=O) groups excluding carboxylic acids is 4. The molecule has 0 unspecified atom stereocenters. The molecule has 2 heterocycles. The van der Waals surface area contributed by atoms with Crippen molar-refractivity contribution in [1.82, 2.24) is 20.9 Å². The zero-order valence-corrected chi connectivity index (χ0v) is 19.4. The molecule has 3 atom stereocenters. The fourth-order valence-corrected chi connectivity index (χ4v) is 4.06. The number of rotatable bonds is 11. The molecule has 4 amide bonds. The van der Waals surface area contributed by atoms with Gasteiger partial charge < -0.3 is 31.4 Å². The first-order valence-electron chi connectivity index (χ1n) is 11.3. The summed E-state index contributed by atoms with van der Waals surface area (Å²) in [5, 5.41) is 8.15. The van der Waals surface area contributed by atoms with Gasteiger partial charge in [-0.1, -0.05) is 19.9 Å². The largest absolute Gasteiger partial charge is 0.434 e. The number of ether oxygens (including phenoxy) is 1. The summed E-state index contributed by atoms with van der Waals surface area (Å²) in [6.45, 7) is 1.18. The van der Waals surface area contributed by atoms with Gasteiger partial charge in [-0.2, -0.15) is 8.78 Å². The molecule has 6 N–H and O–H groups in total. The van der Waals surface area contributed by atoms with Crippen molar-refractivity contribution in [3.8, 4) is 5.75 Å². The molecule has 1 saturated heterocycles. The number of H-pyrrole nitrogens is 1. The summed E-state index contributed by atoms with van der Waals surface area (Å²) in [7, 11) is 0. The Morgan fingerprint density at radius 2 is 1.94 bits per heavy atom. The third kappa shape index (κ3) is 6.67. The molecule has 1 aliphatic rings. The van der Waals surface area contributed by atoms with Gasteiger partial charge in [-0.05, 0) is 43.4 Å². The van der Waals surface area contributed by atoms with E-state index in [-0.39, 0.29) is 41.5 Å². The molecule has 0 aliphatic carbocycles. The highest BCUT2D eigenvalue weighted by atomic mass is 19.3. The molecule has 0 spiro atoms. The molecule has 0 saturated carbocycles. The topological polar surface area (TPSA) is 155 Å². The molecule has 12 heteroatoms. The highest BCUT2D eigenvalue weighted by molar-refractivity contribution is 6.01. The van der Waals surface area contributed by atoms with Gasteiger partial charge in [0.25, 0.3) is 5.91 Å². The van der Waals surface area contributed by atoms with Gasteiger partial charge in [-0.15, -0.1) is 0 Å². The fourth-order valence-electron chi connectivity index (χ4n) is 4.06. The van der Waals surface area contributed by atoms with Crippen molar-refractivity contribution in [1.29, 1.82) is 0 Å². The van der Waals surface area contributed by atoms with Crippen molar-refractivity contribution < 1.29 is 32.7 Å². The Kier molecular flexibility index (Phi) is 8.26. The number of carbonyl (C=O) groups is 4. The lowest BCUT2D eigenvalue weighted by Gasteiger charge is -2.24. The van der Waals surface area contributed by atoms with Crippen LogP contribution in [0.1, 0.15) is 43.6 Å². The highest BCUT2D eigenvalue weighted by Crippen LogP contribution is 2.28. The number of nitrogens with two attached hydrogens (primary N) is 1. The smallest absolute Gasteiger partial charge is 0.387 e. The number of fused-ring (bicyclic) bond motifs is 1. The van der Waals surface area contributed by atoms with Gasteiger partial charge in [0.15, 0.2) is 0 Å². The summed E-state index contributed by atoms with van der Waals surface area (Å²) in [5.41, 5.74) is 5.90. The molecule has 190 valence electrons. The number of nitrogens with one attached hydrogen (secondary N) is 4. The van der Waals surface area contributed by atoms with E-state index in [1.54, 1.807) is 6.07 Å². The molecule has 35 heavy (non-hydrogen) atoms. The minimum absolute atomic E-state index is 0.00689. The van der Waals surface area contributed by atoms with Gasteiger partial charge in [0.1, 0.15) is 23.5 Å². The standard InChI is InChI=1S/C23H29F2N5O5/c1-11(2)8-16(21(33)29-15(19(26)31)9-12-6-7-27-20(12)32)30-22(34)17-10-13-14(28-17)4-3-5-18(13)35-23(24)25/h3-5,10-12,15-16,23,28H,6-9H2,1-2H3,(H2,26,31)(H,27,32)(H,29,33)(H,30,34)/t12-,15-,16-/m0/s1. The zero-order chi connectivity index (χ0) is 25.7. The fraction of sp³-hybridized carbons (Fsp3) is 0.478. The van der Waals surface area contributed by atoms with E-state index in [1.165, 1.54) is 18.2 Å². The molecule has 10 nitrogen and oxygen atoms in total. The molecule has 0 bridgehead atoms. The number of amides is 4. The Morgan fingerprint density at radius 3 is 2.54 bits per heavy atom. The third-order valence-electron chi connectivity index (χ3n) is 5.76. The van der Waals surface area contributed by atoms with Crippen LogP contribution in [0.2, 0.25) is 0 Å². The molecule has 1 fully saturated rings. The van der Waals surface area contributed by atoms with E-state index in [0.717, 1.165) is 0 Å². The first kappa shape index (κ1) is 25.9. The monoisotopic (exact) mass is 493 g/mol. The second kappa shape index (κ2) is 11.2. The van der Waals surface area contributed by atoms with Gasteiger partial charge in [-0.25, -0.2) is 0 Å². The maximum atomic E-state index is 13.0. The van der Waals surface area contributed by atoms with E-state index in [1.807, 2.05) is 13.8 Å². The lowest BCUT2D eigenvalue weighted by molar-refractivity contribution is -0.130. The first-order chi connectivity index (χ1) is 16.5. The van der Waals surface area contributed by atoms with Gasteiger partial charge in [0.2, 0.25) is 17.7 Å². The van der Waals surface area contributed by atoms with Crippen LogP contribution in [0.5, 0.6) is 5.75 Å². The van der Waals surface area contributed by atoms with Crippen LogP contribution < -0.4 is 26.4 Å². The van der Waals surface area contributed by atoms with Crippen molar-refractivity contribution in [2.24, 2.45) is 17.6 Å². The molecule has 1 aromatic carbocycles. The SMILES string of the molecule is CC(C)C[C@H](NC(=O)c1cc2c(OC(F)F)cccc2[nH]1)C(=O)N[C@@H](C[C@@H]1CCNC1=O)C(N)=O.